The van der Waals surface area contributed by atoms with Crippen molar-refractivity contribution in [3.05, 3.63) is 81.9 Å². The predicted octanol–water partition coefficient (Wildman–Crippen LogP) is 4.80. The molecule has 1 fully saturated rings. The number of imide groups is 1. The van der Waals surface area contributed by atoms with Gasteiger partial charge in [-0.15, -0.1) is 0 Å². The molecule has 2 aliphatic rings. The topological polar surface area (TPSA) is 86.8 Å². The van der Waals surface area contributed by atoms with E-state index in [4.69, 9.17) is 23.2 Å². The minimum Gasteiger partial charge on any atom is -0.352 e. The van der Waals surface area contributed by atoms with E-state index in [0.717, 1.165) is 5.56 Å². The molecular weight excluding hydrogens is 537 g/mol. The number of fused-ring (bicyclic) bond motifs is 1. The fraction of sp³-hybridized carbons (Fsp3) is 0.400. The summed E-state index contributed by atoms with van der Waals surface area (Å²) in [6.45, 7) is 3.67. The first-order chi connectivity index (χ1) is 18.7. The third-order valence-electron chi connectivity index (χ3n) is 7.24. The maximum Gasteiger partial charge on any atom is 0.243 e. The van der Waals surface area contributed by atoms with Crippen molar-refractivity contribution in [2.24, 2.45) is 11.8 Å². The molecular formula is C30H33Cl2N3O4. The molecule has 0 saturated carbocycles. The standard InChI is InChI=1S/C30H33Cl2N3O4/c1-19(2)33-28(37)26(17-20-9-4-3-5-10-20)35(18-23-24(31)13-8-14-25(23)32)27(36)15-16-34-29(38)21-11-6-7-12-22(21)30(34)39/h3-10,13-14,19,21-22,26H,11-12,15-18H2,1-2H3,(H,33,37)/t21-,22+,26?. The van der Waals surface area contributed by atoms with Crippen LogP contribution in [-0.4, -0.2) is 52.1 Å². The highest BCUT2D eigenvalue weighted by Crippen LogP contribution is 2.35. The van der Waals surface area contributed by atoms with Crippen LogP contribution in [0.2, 0.25) is 10.0 Å². The van der Waals surface area contributed by atoms with E-state index in [1.165, 1.54) is 9.80 Å². The third-order valence-corrected chi connectivity index (χ3v) is 7.95. The highest BCUT2D eigenvalue weighted by Gasteiger charge is 2.47. The van der Waals surface area contributed by atoms with Gasteiger partial charge in [-0.1, -0.05) is 71.8 Å². The van der Waals surface area contributed by atoms with Crippen molar-refractivity contribution in [3.8, 4) is 0 Å². The SMILES string of the molecule is CC(C)NC(=O)C(Cc1ccccc1)N(Cc1c(Cl)cccc1Cl)C(=O)CCN1C(=O)[C@H]2CC=CC[C@H]2C1=O. The van der Waals surface area contributed by atoms with E-state index < -0.39 is 6.04 Å². The summed E-state index contributed by atoms with van der Waals surface area (Å²) in [6, 6.07) is 13.5. The summed E-state index contributed by atoms with van der Waals surface area (Å²) in [7, 11) is 0. The van der Waals surface area contributed by atoms with Crippen LogP contribution in [0.15, 0.2) is 60.7 Å². The molecule has 39 heavy (non-hydrogen) atoms. The Bertz CT molecular complexity index is 1220. The number of carbonyl (C=O) groups is 4. The molecule has 0 spiro atoms. The number of carbonyl (C=O) groups excluding carboxylic acids is 4. The summed E-state index contributed by atoms with van der Waals surface area (Å²) >= 11 is 12.9. The average molecular weight is 571 g/mol. The zero-order chi connectivity index (χ0) is 28.1. The summed E-state index contributed by atoms with van der Waals surface area (Å²) in [5, 5.41) is 3.69. The number of likely N-dealkylation sites (tertiary alicyclic amines) is 1. The van der Waals surface area contributed by atoms with Crippen LogP contribution in [0.3, 0.4) is 0 Å². The number of hydrogen-bond donors (Lipinski definition) is 1. The third kappa shape index (κ3) is 6.71. The first-order valence-corrected chi connectivity index (χ1v) is 14.0. The van der Waals surface area contributed by atoms with Gasteiger partial charge in [0.25, 0.3) is 0 Å². The van der Waals surface area contributed by atoms with Crippen molar-refractivity contribution in [2.45, 2.75) is 58.2 Å². The van der Waals surface area contributed by atoms with E-state index in [-0.39, 0.29) is 67.4 Å². The lowest BCUT2D eigenvalue weighted by Crippen LogP contribution is -2.52. The number of hydrogen-bond acceptors (Lipinski definition) is 4. The minimum atomic E-state index is -0.869. The number of allylic oxidation sites excluding steroid dienone is 2. The van der Waals surface area contributed by atoms with Gasteiger partial charge in [-0.3, -0.25) is 24.1 Å². The first kappa shape index (κ1) is 28.8. The Balaban J connectivity index is 1.62. The summed E-state index contributed by atoms with van der Waals surface area (Å²) in [5.41, 5.74) is 1.40. The Morgan fingerprint density at radius 3 is 2.10 bits per heavy atom. The van der Waals surface area contributed by atoms with Gasteiger partial charge in [0.1, 0.15) is 6.04 Å². The van der Waals surface area contributed by atoms with Crippen molar-refractivity contribution >= 4 is 46.8 Å². The molecule has 1 N–H and O–H groups in total. The van der Waals surface area contributed by atoms with Crippen molar-refractivity contribution in [2.75, 3.05) is 6.54 Å². The molecule has 0 radical (unpaired) electrons. The Morgan fingerprint density at radius 2 is 1.54 bits per heavy atom. The fourth-order valence-electron chi connectivity index (χ4n) is 5.23. The summed E-state index contributed by atoms with van der Waals surface area (Å²) in [6.07, 6.45) is 5.07. The monoisotopic (exact) mass is 569 g/mol. The number of rotatable bonds is 10. The fourth-order valence-corrected chi connectivity index (χ4v) is 5.75. The predicted molar refractivity (Wildman–Crippen MR) is 151 cm³/mol. The Kier molecular flexibility index (Phi) is 9.46. The molecule has 1 heterocycles. The van der Waals surface area contributed by atoms with Crippen LogP contribution in [0.5, 0.6) is 0 Å². The molecule has 2 aromatic carbocycles. The van der Waals surface area contributed by atoms with Gasteiger partial charge in [0, 0.05) is 47.6 Å². The lowest BCUT2D eigenvalue weighted by Gasteiger charge is -2.33. The molecule has 1 aliphatic heterocycles. The van der Waals surface area contributed by atoms with Crippen molar-refractivity contribution < 1.29 is 19.2 Å². The number of nitrogens with one attached hydrogen (secondary N) is 1. The molecule has 2 aromatic rings. The smallest absolute Gasteiger partial charge is 0.243 e. The van der Waals surface area contributed by atoms with E-state index in [2.05, 4.69) is 5.32 Å². The maximum atomic E-state index is 13.9. The second kappa shape index (κ2) is 12.8. The van der Waals surface area contributed by atoms with Crippen LogP contribution in [0.1, 0.15) is 44.2 Å². The summed E-state index contributed by atoms with van der Waals surface area (Å²) in [4.78, 5) is 56.0. The highest BCUT2D eigenvalue weighted by molar-refractivity contribution is 6.36. The second-order valence-electron chi connectivity index (χ2n) is 10.3. The van der Waals surface area contributed by atoms with Crippen LogP contribution in [-0.2, 0) is 32.1 Å². The van der Waals surface area contributed by atoms with Gasteiger partial charge in [0.05, 0.1) is 11.8 Å². The number of halogens is 2. The quantitative estimate of drug-likeness (QED) is 0.329. The Labute approximate surface area is 239 Å². The number of benzene rings is 2. The van der Waals surface area contributed by atoms with Gasteiger partial charge >= 0.3 is 0 Å². The zero-order valence-corrected chi connectivity index (χ0v) is 23.6. The summed E-state index contributed by atoms with van der Waals surface area (Å²) < 4.78 is 0. The lowest BCUT2D eigenvalue weighted by molar-refractivity contribution is -0.144. The Morgan fingerprint density at radius 1 is 0.949 bits per heavy atom. The minimum absolute atomic E-state index is 0.00256. The molecule has 1 saturated heterocycles. The van der Waals surface area contributed by atoms with E-state index in [0.29, 0.717) is 28.5 Å². The normalized spacial score (nSPS) is 19.3. The van der Waals surface area contributed by atoms with Crippen molar-refractivity contribution in [1.82, 2.24) is 15.1 Å². The molecule has 0 bridgehead atoms. The van der Waals surface area contributed by atoms with Crippen LogP contribution in [0.4, 0.5) is 0 Å². The van der Waals surface area contributed by atoms with Gasteiger partial charge in [0.15, 0.2) is 0 Å². The van der Waals surface area contributed by atoms with Crippen LogP contribution < -0.4 is 5.32 Å². The molecule has 9 heteroatoms. The molecule has 206 valence electrons. The molecule has 0 aromatic heterocycles. The van der Waals surface area contributed by atoms with Gasteiger partial charge < -0.3 is 10.2 Å². The zero-order valence-electron chi connectivity index (χ0n) is 22.1. The molecule has 3 atom stereocenters. The van der Waals surface area contributed by atoms with Crippen molar-refractivity contribution in [3.63, 3.8) is 0 Å². The van der Waals surface area contributed by atoms with Gasteiger partial charge in [-0.25, -0.2) is 0 Å². The lowest BCUT2D eigenvalue weighted by atomic mass is 9.85. The van der Waals surface area contributed by atoms with E-state index in [9.17, 15) is 19.2 Å². The van der Waals surface area contributed by atoms with Crippen LogP contribution in [0, 0.1) is 11.8 Å². The molecule has 1 aliphatic carbocycles. The highest BCUT2D eigenvalue weighted by atomic mass is 35.5. The Hall–Kier alpha value is -3.16. The molecule has 4 amide bonds. The first-order valence-electron chi connectivity index (χ1n) is 13.2. The maximum absolute atomic E-state index is 13.9. The molecule has 1 unspecified atom stereocenters. The largest absolute Gasteiger partial charge is 0.352 e. The number of nitrogens with zero attached hydrogens (tertiary/aromatic N) is 2. The second-order valence-corrected chi connectivity index (χ2v) is 11.1. The average Bonchev–Trinajstić information content (AvgIpc) is 3.15. The van der Waals surface area contributed by atoms with E-state index >= 15 is 0 Å². The van der Waals surface area contributed by atoms with Gasteiger partial charge in [-0.2, -0.15) is 0 Å². The van der Waals surface area contributed by atoms with Gasteiger partial charge in [-0.05, 0) is 44.4 Å². The number of amides is 4. The van der Waals surface area contributed by atoms with Crippen molar-refractivity contribution in [1.29, 1.82) is 0 Å². The molecule has 4 rings (SSSR count). The van der Waals surface area contributed by atoms with E-state index in [1.807, 2.05) is 56.3 Å². The van der Waals surface area contributed by atoms with Crippen LogP contribution in [0.25, 0.3) is 0 Å². The van der Waals surface area contributed by atoms with Crippen LogP contribution >= 0.6 is 23.2 Å². The van der Waals surface area contributed by atoms with E-state index in [1.54, 1.807) is 18.2 Å². The van der Waals surface area contributed by atoms with Gasteiger partial charge in [0.2, 0.25) is 23.6 Å². The molecule has 7 nitrogen and oxygen atoms in total. The summed E-state index contributed by atoms with van der Waals surface area (Å²) in [5.74, 6) is -1.88.